The minimum absolute atomic E-state index is 0.177. The predicted octanol–water partition coefficient (Wildman–Crippen LogP) is 1.21. The number of nitrogens with one attached hydrogen (secondary N) is 1. The lowest BCUT2D eigenvalue weighted by atomic mass is 10.0. The van der Waals surface area contributed by atoms with E-state index < -0.39 is 6.10 Å². The average molecular weight is 329 g/mol. The number of aliphatic hydroxyl groups is 2. The van der Waals surface area contributed by atoms with Crippen molar-refractivity contribution in [1.82, 2.24) is 24.4 Å². The lowest BCUT2D eigenvalue weighted by Crippen LogP contribution is -2.40. The van der Waals surface area contributed by atoms with Crippen molar-refractivity contribution in [3.05, 3.63) is 24.3 Å². The van der Waals surface area contributed by atoms with Crippen molar-refractivity contribution >= 4 is 22.1 Å². The lowest BCUT2D eigenvalue weighted by Gasteiger charge is -2.34. The van der Waals surface area contributed by atoms with Crippen molar-refractivity contribution in [2.24, 2.45) is 0 Å². The number of aromatic amines is 1. The summed E-state index contributed by atoms with van der Waals surface area (Å²) < 4.78 is 2.35. The summed E-state index contributed by atoms with van der Waals surface area (Å²) in [7, 11) is 0. The van der Waals surface area contributed by atoms with Crippen LogP contribution < -0.4 is 0 Å². The maximum absolute atomic E-state index is 9.62. The van der Waals surface area contributed by atoms with Gasteiger partial charge in [-0.15, -0.1) is 0 Å². The first-order valence-corrected chi connectivity index (χ1v) is 8.49. The van der Waals surface area contributed by atoms with Crippen LogP contribution in [0.1, 0.15) is 24.7 Å². The molecule has 7 heteroatoms. The maximum Gasteiger partial charge on any atom is 0.139 e. The molecule has 0 saturated carbocycles. The molecule has 24 heavy (non-hydrogen) atoms. The molecule has 1 unspecified atom stereocenters. The third kappa shape index (κ3) is 2.58. The highest BCUT2D eigenvalue weighted by molar-refractivity contribution is 6.01. The van der Waals surface area contributed by atoms with Gasteiger partial charge in [0.05, 0.1) is 24.4 Å². The number of hydrogen-bond donors (Lipinski definition) is 3. The Morgan fingerprint density at radius 2 is 2.17 bits per heavy atom. The van der Waals surface area contributed by atoms with Gasteiger partial charge < -0.3 is 24.7 Å². The van der Waals surface area contributed by atoms with E-state index in [0.29, 0.717) is 12.6 Å². The monoisotopic (exact) mass is 329 g/mol. The van der Waals surface area contributed by atoms with E-state index in [1.165, 1.54) is 0 Å². The van der Waals surface area contributed by atoms with Crippen molar-refractivity contribution < 1.29 is 10.2 Å². The topological polar surface area (TPSA) is 90.2 Å². The molecular weight excluding hydrogens is 306 g/mol. The molecule has 0 bridgehead atoms. The van der Waals surface area contributed by atoms with E-state index in [1.54, 1.807) is 0 Å². The first kappa shape index (κ1) is 15.6. The van der Waals surface area contributed by atoms with Gasteiger partial charge in [-0.25, -0.2) is 9.97 Å². The second-order valence-electron chi connectivity index (χ2n) is 6.63. The molecule has 1 aliphatic heterocycles. The first-order chi connectivity index (χ1) is 11.7. The van der Waals surface area contributed by atoms with Crippen LogP contribution in [-0.2, 0) is 0 Å². The predicted molar refractivity (Wildman–Crippen MR) is 91.9 cm³/mol. The number of piperidine rings is 1. The summed E-state index contributed by atoms with van der Waals surface area (Å²) in [6.45, 7) is 4.26. The molecule has 4 heterocycles. The zero-order chi connectivity index (χ0) is 16.7. The van der Waals surface area contributed by atoms with Crippen LogP contribution in [0.4, 0.5) is 0 Å². The Morgan fingerprint density at radius 3 is 2.92 bits per heavy atom. The van der Waals surface area contributed by atoms with E-state index in [-0.39, 0.29) is 6.61 Å². The van der Waals surface area contributed by atoms with Crippen LogP contribution in [0, 0.1) is 6.92 Å². The number of aliphatic hydroxyl groups excluding tert-OH is 2. The number of imidazole rings is 1. The van der Waals surface area contributed by atoms with Crippen molar-refractivity contribution in [1.29, 1.82) is 0 Å². The zero-order valence-corrected chi connectivity index (χ0v) is 13.8. The normalized spacial score (nSPS) is 18.6. The van der Waals surface area contributed by atoms with E-state index in [4.69, 9.17) is 10.1 Å². The van der Waals surface area contributed by atoms with Gasteiger partial charge in [0.1, 0.15) is 17.0 Å². The van der Waals surface area contributed by atoms with E-state index in [0.717, 1.165) is 53.8 Å². The molecule has 1 fully saturated rings. The number of H-pyrrole nitrogens is 1. The summed E-state index contributed by atoms with van der Waals surface area (Å²) in [5.41, 5.74) is 3.00. The smallest absolute Gasteiger partial charge is 0.139 e. The molecule has 0 amide bonds. The molecule has 1 saturated heterocycles. The van der Waals surface area contributed by atoms with Gasteiger partial charge in [-0.2, -0.15) is 0 Å². The second-order valence-corrected chi connectivity index (χ2v) is 6.63. The molecule has 128 valence electrons. The molecule has 1 atom stereocenters. The Balaban J connectivity index is 1.63. The standard InChI is InChI=1S/C17H23N5O2/c1-11-20-15-8-19-17-14(2-5-18-17)16(15)22(11)12-3-6-21(7-4-12)9-13(24)10-23/h2,5,8,12-13,23-24H,3-4,6-7,9-10H2,1H3,(H,18,19). The highest BCUT2D eigenvalue weighted by Gasteiger charge is 2.25. The van der Waals surface area contributed by atoms with Gasteiger partial charge in [0.25, 0.3) is 0 Å². The van der Waals surface area contributed by atoms with Crippen molar-refractivity contribution in [3.63, 3.8) is 0 Å². The molecule has 0 radical (unpaired) electrons. The molecule has 1 aliphatic rings. The minimum Gasteiger partial charge on any atom is -0.394 e. The summed E-state index contributed by atoms with van der Waals surface area (Å²) in [4.78, 5) is 14.5. The van der Waals surface area contributed by atoms with Crippen molar-refractivity contribution in [2.45, 2.75) is 31.9 Å². The van der Waals surface area contributed by atoms with Gasteiger partial charge in [0, 0.05) is 37.3 Å². The number of hydrogen-bond acceptors (Lipinski definition) is 5. The number of likely N-dealkylation sites (tertiary alicyclic amines) is 1. The third-order valence-corrected chi connectivity index (χ3v) is 5.01. The molecule has 4 rings (SSSR count). The summed E-state index contributed by atoms with van der Waals surface area (Å²) in [6, 6.07) is 2.47. The SMILES string of the molecule is Cc1nc2cnc3[nH]ccc3c2n1C1CCN(CC(O)CO)CC1. The van der Waals surface area contributed by atoms with Crippen LogP contribution in [0.25, 0.3) is 22.1 Å². The largest absolute Gasteiger partial charge is 0.394 e. The molecule has 0 spiro atoms. The van der Waals surface area contributed by atoms with Gasteiger partial charge in [0.2, 0.25) is 0 Å². The van der Waals surface area contributed by atoms with Gasteiger partial charge in [0.15, 0.2) is 0 Å². The van der Waals surface area contributed by atoms with Crippen LogP contribution in [0.2, 0.25) is 0 Å². The van der Waals surface area contributed by atoms with Gasteiger partial charge >= 0.3 is 0 Å². The van der Waals surface area contributed by atoms with E-state index in [9.17, 15) is 5.11 Å². The molecule has 0 aliphatic carbocycles. The summed E-state index contributed by atoms with van der Waals surface area (Å²) in [5.74, 6) is 1.02. The number of aryl methyl sites for hydroxylation is 1. The molecule has 7 nitrogen and oxygen atoms in total. The summed E-state index contributed by atoms with van der Waals surface area (Å²) >= 11 is 0. The number of β-amino-alcohol motifs (C(OH)–C–C–N with tert-alkyl or cyclic N) is 1. The maximum atomic E-state index is 9.62. The molecule has 3 N–H and O–H groups in total. The first-order valence-electron chi connectivity index (χ1n) is 8.49. The molecule has 3 aromatic rings. The lowest BCUT2D eigenvalue weighted by molar-refractivity contribution is 0.0483. The van der Waals surface area contributed by atoms with Crippen LogP contribution in [-0.4, -0.2) is 67.0 Å². The Hall–Kier alpha value is -1.96. The van der Waals surface area contributed by atoms with Gasteiger partial charge in [-0.3, -0.25) is 0 Å². The molecule has 3 aromatic heterocycles. The molecule has 0 aromatic carbocycles. The fourth-order valence-corrected chi connectivity index (χ4v) is 3.87. The summed E-state index contributed by atoms with van der Waals surface area (Å²) in [5, 5.41) is 19.7. The number of rotatable bonds is 4. The number of fused-ring (bicyclic) bond motifs is 3. The highest BCUT2D eigenvalue weighted by atomic mass is 16.3. The van der Waals surface area contributed by atoms with Crippen LogP contribution in [0.15, 0.2) is 18.5 Å². The number of nitrogens with zero attached hydrogens (tertiary/aromatic N) is 4. The van der Waals surface area contributed by atoms with Crippen LogP contribution in [0.5, 0.6) is 0 Å². The fourth-order valence-electron chi connectivity index (χ4n) is 3.87. The van der Waals surface area contributed by atoms with Crippen molar-refractivity contribution in [2.75, 3.05) is 26.2 Å². The van der Waals surface area contributed by atoms with Crippen molar-refractivity contribution in [3.8, 4) is 0 Å². The zero-order valence-electron chi connectivity index (χ0n) is 13.8. The van der Waals surface area contributed by atoms with Gasteiger partial charge in [-0.05, 0) is 25.8 Å². The highest BCUT2D eigenvalue weighted by Crippen LogP contribution is 2.31. The van der Waals surface area contributed by atoms with Gasteiger partial charge in [-0.1, -0.05) is 0 Å². The Morgan fingerprint density at radius 1 is 1.38 bits per heavy atom. The quantitative estimate of drug-likeness (QED) is 0.669. The minimum atomic E-state index is -0.650. The number of pyridine rings is 1. The average Bonchev–Trinajstić information content (AvgIpc) is 3.18. The third-order valence-electron chi connectivity index (χ3n) is 5.01. The van der Waals surface area contributed by atoms with Crippen LogP contribution >= 0.6 is 0 Å². The fraction of sp³-hybridized carbons (Fsp3) is 0.529. The van der Waals surface area contributed by atoms with E-state index in [2.05, 4.69) is 32.4 Å². The Labute approximate surface area is 139 Å². The second kappa shape index (κ2) is 6.16. The van der Waals surface area contributed by atoms with E-state index in [1.807, 2.05) is 12.4 Å². The summed E-state index contributed by atoms with van der Waals surface area (Å²) in [6.07, 6.45) is 5.13. The van der Waals surface area contributed by atoms with Crippen LogP contribution in [0.3, 0.4) is 0 Å². The molecular formula is C17H23N5O2. The number of aromatic nitrogens is 4. The Kier molecular flexibility index (Phi) is 3.99. The Bertz CT molecular complexity index is 847. The van der Waals surface area contributed by atoms with E-state index >= 15 is 0 Å².